The zero-order valence-corrected chi connectivity index (χ0v) is 21.7. The first kappa shape index (κ1) is 25.5. The Hall–Kier alpha value is -2.61. The summed E-state index contributed by atoms with van der Waals surface area (Å²) in [6, 6.07) is 15.9. The van der Waals surface area contributed by atoms with Crippen molar-refractivity contribution in [2.75, 3.05) is 7.11 Å². The summed E-state index contributed by atoms with van der Waals surface area (Å²) in [5.74, 6) is -0.0270. The van der Waals surface area contributed by atoms with Crippen LogP contribution in [0.25, 0.3) is 0 Å². The van der Waals surface area contributed by atoms with Gasteiger partial charge in [0, 0.05) is 12.6 Å². The second kappa shape index (κ2) is 11.9. The lowest BCUT2D eigenvalue weighted by molar-refractivity contribution is -0.127. The first-order valence-electron chi connectivity index (χ1n) is 11.6. The standard InChI is InChI=1S/C26H27Cl2N3O3S/c1-34-20-14-12-18(13-15-20)23(25(32)29-19-10-6-3-7-11-19)31(16-17-8-4-2-5-9-17)26(33)22-21(27)24(28)35-30-22/h2,4-5,8-9,12-15,19,23H,3,6-7,10-11,16H2,1H3,(H,29,32). The third kappa shape index (κ3) is 6.15. The van der Waals surface area contributed by atoms with Crippen LogP contribution in [0.15, 0.2) is 54.6 Å². The monoisotopic (exact) mass is 531 g/mol. The molecule has 2 amide bonds. The highest BCUT2D eigenvalue weighted by atomic mass is 35.5. The maximum absolute atomic E-state index is 13.8. The smallest absolute Gasteiger partial charge is 0.276 e. The van der Waals surface area contributed by atoms with Crippen molar-refractivity contribution in [3.8, 4) is 5.75 Å². The lowest BCUT2D eigenvalue weighted by Crippen LogP contribution is -2.47. The van der Waals surface area contributed by atoms with E-state index in [0.29, 0.717) is 11.3 Å². The van der Waals surface area contributed by atoms with Gasteiger partial charge >= 0.3 is 0 Å². The molecule has 0 radical (unpaired) electrons. The number of methoxy groups -OCH3 is 1. The number of carbonyl (C=O) groups excluding carboxylic acids is 2. The number of halogens is 2. The number of carbonyl (C=O) groups is 2. The van der Waals surface area contributed by atoms with Gasteiger partial charge in [-0.2, -0.15) is 4.37 Å². The molecule has 1 aromatic heterocycles. The SMILES string of the molecule is COc1ccc(C(C(=O)NC2CCCCC2)N(Cc2ccccc2)C(=O)c2nsc(Cl)c2Cl)cc1. The highest BCUT2D eigenvalue weighted by Gasteiger charge is 2.35. The molecule has 1 N–H and O–H groups in total. The van der Waals surface area contributed by atoms with E-state index in [1.54, 1.807) is 19.2 Å². The molecule has 1 unspecified atom stereocenters. The number of rotatable bonds is 8. The molecule has 1 atom stereocenters. The van der Waals surface area contributed by atoms with Gasteiger partial charge in [0.1, 0.15) is 21.2 Å². The molecule has 6 nitrogen and oxygen atoms in total. The molecule has 0 bridgehead atoms. The van der Waals surface area contributed by atoms with Crippen molar-refractivity contribution < 1.29 is 14.3 Å². The Kier molecular flexibility index (Phi) is 8.65. The number of hydrogen-bond acceptors (Lipinski definition) is 5. The topological polar surface area (TPSA) is 71.5 Å². The molecule has 1 aliphatic carbocycles. The summed E-state index contributed by atoms with van der Waals surface area (Å²) in [6.45, 7) is 0.194. The average Bonchev–Trinajstić information content (AvgIpc) is 3.22. The minimum atomic E-state index is -0.896. The van der Waals surface area contributed by atoms with E-state index in [4.69, 9.17) is 27.9 Å². The van der Waals surface area contributed by atoms with E-state index < -0.39 is 11.9 Å². The van der Waals surface area contributed by atoms with Crippen molar-refractivity contribution in [3.63, 3.8) is 0 Å². The number of benzene rings is 2. The Labute approximate surface area is 219 Å². The van der Waals surface area contributed by atoms with E-state index in [9.17, 15) is 9.59 Å². The van der Waals surface area contributed by atoms with Crippen LogP contribution < -0.4 is 10.1 Å². The fourth-order valence-electron chi connectivity index (χ4n) is 4.37. The summed E-state index contributed by atoms with van der Waals surface area (Å²) >= 11 is 13.4. The van der Waals surface area contributed by atoms with Gasteiger partial charge in [-0.05, 0) is 47.6 Å². The molecule has 0 spiro atoms. The fourth-order valence-corrected chi connectivity index (χ4v) is 5.36. The number of amides is 2. The molecule has 35 heavy (non-hydrogen) atoms. The van der Waals surface area contributed by atoms with Gasteiger partial charge in [-0.3, -0.25) is 9.59 Å². The molecule has 0 saturated heterocycles. The normalized spacial score (nSPS) is 14.8. The number of ether oxygens (including phenoxy) is 1. The Morgan fingerprint density at radius 2 is 1.77 bits per heavy atom. The molecule has 1 saturated carbocycles. The Morgan fingerprint density at radius 3 is 2.37 bits per heavy atom. The van der Waals surface area contributed by atoms with Crippen LogP contribution in [0.1, 0.15) is 59.8 Å². The Bertz CT molecular complexity index is 1150. The summed E-state index contributed by atoms with van der Waals surface area (Å²) in [5.41, 5.74) is 1.59. The van der Waals surface area contributed by atoms with Gasteiger partial charge in [-0.15, -0.1) is 0 Å². The largest absolute Gasteiger partial charge is 0.497 e. The van der Waals surface area contributed by atoms with E-state index in [1.165, 1.54) is 11.3 Å². The first-order chi connectivity index (χ1) is 17.0. The molecule has 2 aromatic carbocycles. The predicted molar refractivity (Wildman–Crippen MR) is 139 cm³/mol. The van der Waals surface area contributed by atoms with Gasteiger partial charge in [0.15, 0.2) is 5.69 Å². The van der Waals surface area contributed by atoms with Crippen LogP contribution in [0.4, 0.5) is 0 Å². The molecule has 3 aromatic rings. The Morgan fingerprint density at radius 1 is 1.09 bits per heavy atom. The van der Waals surface area contributed by atoms with Crippen LogP contribution in [-0.4, -0.2) is 34.2 Å². The lowest BCUT2D eigenvalue weighted by Gasteiger charge is -2.33. The second-order valence-corrected chi connectivity index (χ2v) is 10.3. The van der Waals surface area contributed by atoms with E-state index in [1.807, 2.05) is 42.5 Å². The Balaban J connectivity index is 1.75. The zero-order chi connectivity index (χ0) is 24.8. The van der Waals surface area contributed by atoms with Crippen molar-refractivity contribution >= 4 is 46.5 Å². The van der Waals surface area contributed by atoms with Crippen molar-refractivity contribution in [2.45, 2.75) is 50.7 Å². The molecule has 4 rings (SSSR count). The molecule has 9 heteroatoms. The first-order valence-corrected chi connectivity index (χ1v) is 13.1. The van der Waals surface area contributed by atoms with Crippen LogP contribution in [0.3, 0.4) is 0 Å². The van der Waals surface area contributed by atoms with Crippen molar-refractivity contribution in [1.82, 2.24) is 14.6 Å². The van der Waals surface area contributed by atoms with Crippen LogP contribution >= 0.6 is 34.7 Å². The third-order valence-electron chi connectivity index (χ3n) is 6.20. The summed E-state index contributed by atoms with van der Waals surface area (Å²) in [4.78, 5) is 29.2. The minimum Gasteiger partial charge on any atom is -0.497 e. The molecular weight excluding hydrogens is 505 g/mol. The van der Waals surface area contributed by atoms with Gasteiger partial charge in [-0.1, -0.05) is 84.9 Å². The van der Waals surface area contributed by atoms with E-state index in [-0.39, 0.29) is 33.5 Å². The summed E-state index contributed by atoms with van der Waals surface area (Å²) in [5, 5.41) is 3.30. The van der Waals surface area contributed by atoms with Crippen LogP contribution in [0.2, 0.25) is 9.36 Å². The molecule has 1 aliphatic rings. The van der Waals surface area contributed by atoms with Crippen LogP contribution in [-0.2, 0) is 11.3 Å². The zero-order valence-electron chi connectivity index (χ0n) is 19.4. The lowest BCUT2D eigenvalue weighted by atomic mass is 9.94. The number of aromatic nitrogens is 1. The van der Waals surface area contributed by atoms with E-state index in [0.717, 1.165) is 42.8 Å². The fraction of sp³-hybridized carbons (Fsp3) is 0.346. The number of hydrogen-bond donors (Lipinski definition) is 1. The highest BCUT2D eigenvalue weighted by molar-refractivity contribution is 7.11. The molecule has 1 fully saturated rings. The van der Waals surface area contributed by atoms with Gasteiger partial charge in [0.25, 0.3) is 5.91 Å². The second-order valence-electron chi connectivity index (χ2n) is 8.56. The highest BCUT2D eigenvalue weighted by Crippen LogP contribution is 2.34. The number of nitrogens with one attached hydrogen (secondary N) is 1. The van der Waals surface area contributed by atoms with Crippen molar-refractivity contribution in [1.29, 1.82) is 0 Å². The quantitative estimate of drug-likeness (QED) is 0.370. The van der Waals surface area contributed by atoms with Crippen LogP contribution in [0, 0.1) is 0 Å². The van der Waals surface area contributed by atoms with Gasteiger partial charge in [-0.25, -0.2) is 0 Å². The van der Waals surface area contributed by atoms with Gasteiger partial charge < -0.3 is 15.0 Å². The van der Waals surface area contributed by atoms with Gasteiger partial charge in [0.05, 0.1) is 7.11 Å². The predicted octanol–water partition coefficient (Wildman–Crippen LogP) is 6.29. The summed E-state index contributed by atoms with van der Waals surface area (Å²) < 4.78 is 9.73. The molecule has 0 aliphatic heterocycles. The van der Waals surface area contributed by atoms with Crippen molar-refractivity contribution in [2.24, 2.45) is 0 Å². The number of nitrogens with zero attached hydrogens (tertiary/aromatic N) is 2. The molecule has 1 heterocycles. The summed E-state index contributed by atoms with van der Waals surface area (Å²) in [7, 11) is 1.58. The third-order valence-corrected chi connectivity index (χ3v) is 7.81. The van der Waals surface area contributed by atoms with E-state index >= 15 is 0 Å². The average molecular weight is 532 g/mol. The summed E-state index contributed by atoms with van der Waals surface area (Å²) in [6.07, 6.45) is 5.20. The van der Waals surface area contributed by atoms with Crippen molar-refractivity contribution in [3.05, 3.63) is 80.8 Å². The molecular formula is C26H27Cl2N3O3S. The maximum Gasteiger partial charge on any atom is 0.276 e. The maximum atomic E-state index is 13.8. The molecule has 184 valence electrons. The minimum absolute atomic E-state index is 0.0431. The van der Waals surface area contributed by atoms with Gasteiger partial charge in [0.2, 0.25) is 5.91 Å². The van der Waals surface area contributed by atoms with Crippen LogP contribution in [0.5, 0.6) is 5.75 Å². The van der Waals surface area contributed by atoms with E-state index in [2.05, 4.69) is 9.69 Å².